The highest BCUT2D eigenvalue weighted by Gasteiger charge is 2.25. The van der Waals surface area contributed by atoms with Gasteiger partial charge in [0.1, 0.15) is 0 Å². The fourth-order valence-corrected chi connectivity index (χ4v) is 3.90. The zero-order valence-corrected chi connectivity index (χ0v) is 12.8. The lowest BCUT2D eigenvalue weighted by atomic mass is 10.2. The molecule has 0 aliphatic carbocycles. The normalized spacial score (nSPS) is 11.5. The standard InChI is InChI=1S/C13H16BrNO3S/c1-3-7-15(8-4-2)19(17,18)13-9-11(10-16)5-6-12(13)14/h3-6,9,16H,1-2,7-8,10H2. The molecule has 19 heavy (non-hydrogen) atoms. The minimum absolute atomic E-state index is 0.128. The predicted molar refractivity (Wildman–Crippen MR) is 79.2 cm³/mol. The Labute approximate surface area is 122 Å². The molecule has 0 fully saturated rings. The van der Waals surface area contributed by atoms with Crippen LogP contribution in [0.5, 0.6) is 0 Å². The number of nitrogens with zero attached hydrogens (tertiary/aromatic N) is 1. The zero-order valence-electron chi connectivity index (χ0n) is 10.4. The van der Waals surface area contributed by atoms with Gasteiger partial charge in [-0.15, -0.1) is 13.2 Å². The summed E-state index contributed by atoms with van der Waals surface area (Å²) in [5, 5.41) is 9.11. The van der Waals surface area contributed by atoms with Crippen molar-refractivity contribution in [2.45, 2.75) is 11.5 Å². The monoisotopic (exact) mass is 345 g/mol. The van der Waals surface area contributed by atoms with E-state index in [1.807, 2.05) is 0 Å². The summed E-state index contributed by atoms with van der Waals surface area (Å²) < 4.78 is 26.8. The van der Waals surface area contributed by atoms with E-state index in [0.29, 0.717) is 10.0 Å². The maximum atomic E-state index is 12.5. The first-order chi connectivity index (χ1) is 8.97. The van der Waals surface area contributed by atoms with Crippen molar-refractivity contribution in [3.63, 3.8) is 0 Å². The molecule has 0 unspecified atom stereocenters. The van der Waals surface area contributed by atoms with Gasteiger partial charge >= 0.3 is 0 Å². The summed E-state index contributed by atoms with van der Waals surface area (Å²) in [5.41, 5.74) is 0.541. The Morgan fingerprint density at radius 1 is 1.26 bits per heavy atom. The van der Waals surface area contributed by atoms with Crippen molar-refractivity contribution in [2.24, 2.45) is 0 Å². The molecule has 0 aliphatic rings. The maximum Gasteiger partial charge on any atom is 0.244 e. The number of aliphatic hydroxyl groups excluding tert-OH is 1. The minimum Gasteiger partial charge on any atom is -0.392 e. The van der Waals surface area contributed by atoms with Gasteiger partial charge in [-0.2, -0.15) is 4.31 Å². The Hall–Kier alpha value is -0.950. The molecule has 6 heteroatoms. The SMILES string of the molecule is C=CCN(CC=C)S(=O)(=O)c1cc(CO)ccc1Br. The molecule has 1 N–H and O–H groups in total. The van der Waals surface area contributed by atoms with Crippen molar-refractivity contribution in [1.82, 2.24) is 4.31 Å². The van der Waals surface area contributed by atoms with Gasteiger partial charge in [-0.05, 0) is 33.6 Å². The Morgan fingerprint density at radius 3 is 2.32 bits per heavy atom. The highest BCUT2D eigenvalue weighted by Crippen LogP contribution is 2.26. The number of sulfonamides is 1. The second kappa shape index (κ2) is 7.00. The maximum absolute atomic E-state index is 12.5. The van der Waals surface area contributed by atoms with Crippen LogP contribution in [0.4, 0.5) is 0 Å². The average molecular weight is 346 g/mol. The molecule has 0 radical (unpaired) electrons. The van der Waals surface area contributed by atoms with Crippen LogP contribution in [0, 0.1) is 0 Å². The second-order valence-corrected chi connectivity index (χ2v) is 6.58. The Balaban J connectivity index is 3.31. The first-order valence-electron chi connectivity index (χ1n) is 5.58. The van der Waals surface area contributed by atoms with E-state index in [4.69, 9.17) is 5.11 Å². The van der Waals surface area contributed by atoms with Gasteiger partial charge in [-0.1, -0.05) is 18.2 Å². The smallest absolute Gasteiger partial charge is 0.244 e. The van der Waals surface area contributed by atoms with Crippen LogP contribution in [0.15, 0.2) is 52.9 Å². The number of benzene rings is 1. The van der Waals surface area contributed by atoms with Crippen molar-refractivity contribution in [1.29, 1.82) is 0 Å². The van der Waals surface area contributed by atoms with E-state index in [2.05, 4.69) is 29.1 Å². The predicted octanol–water partition coefficient (Wildman–Crippen LogP) is 2.30. The summed E-state index contributed by atoms with van der Waals surface area (Å²) in [6.45, 7) is 7.30. The van der Waals surface area contributed by atoms with E-state index >= 15 is 0 Å². The highest BCUT2D eigenvalue weighted by atomic mass is 79.9. The van der Waals surface area contributed by atoms with Crippen LogP contribution in [0.2, 0.25) is 0 Å². The van der Waals surface area contributed by atoms with Crippen LogP contribution in [0.3, 0.4) is 0 Å². The van der Waals surface area contributed by atoms with E-state index < -0.39 is 10.0 Å². The van der Waals surface area contributed by atoms with Gasteiger partial charge in [0.05, 0.1) is 11.5 Å². The third-order valence-electron chi connectivity index (χ3n) is 2.46. The largest absolute Gasteiger partial charge is 0.392 e. The summed E-state index contributed by atoms with van der Waals surface area (Å²) in [4.78, 5) is 0.128. The van der Waals surface area contributed by atoms with Gasteiger partial charge in [0, 0.05) is 17.6 Å². The van der Waals surface area contributed by atoms with E-state index in [9.17, 15) is 8.42 Å². The van der Waals surface area contributed by atoms with Crippen LogP contribution in [0.1, 0.15) is 5.56 Å². The lowest BCUT2D eigenvalue weighted by molar-refractivity contribution is 0.281. The zero-order chi connectivity index (χ0) is 14.5. The molecule has 1 aromatic rings. The fraction of sp³-hybridized carbons (Fsp3) is 0.231. The highest BCUT2D eigenvalue weighted by molar-refractivity contribution is 9.10. The molecule has 4 nitrogen and oxygen atoms in total. The van der Waals surface area contributed by atoms with Crippen LogP contribution in [0.25, 0.3) is 0 Å². The number of aliphatic hydroxyl groups is 1. The third kappa shape index (κ3) is 3.76. The van der Waals surface area contributed by atoms with Crippen molar-refractivity contribution in [2.75, 3.05) is 13.1 Å². The third-order valence-corrected chi connectivity index (χ3v) is 5.29. The van der Waals surface area contributed by atoms with Crippen molar-refractivity contribution in [3.8, 4) is 0 Å². The summed E-state index contributed by atoms with van der Waals surface area (Å²) in [6, 6.07) is 4.73. The van der Waals surface area contributed by atoms with Crippen molar-refractivity contribution < 1.29 is 13.5 Å². The molecule has 0 atom stereocenters. The van der Waals surface area contributed by atoms with Crippen LogP contribution in [-0.2, 0) is 16.6 Å². The molecule has 0 heterocycles. The van der Waals surface area contributed by atoms with E-state index in [0.717, 1.165) is 0 Å². The molecule has 0 bridgehead atoms. The second-order valence-electron chi connectivity index (χ2n) is 3.82. The van der Waals surface area contributed by atoms with Crippen LogP contribution < -0.4 is 0 Å². The first kappa shape index (κ1) is 16.1. The first-order valence-corrected chi connectivity index (χ1v) is 7.82. The van der Waals surface area contributed by atoms with E-state index in [1.54, 1.807) is 12.1 Å². The summed E-state index contributed by atoms with van der Waals surface area (Å²) in [7, 11) is -3.66. The molecule has 0 amide bonds. The van der Waals surface area contributed by atoms with E-state index in [1.165, 1.54) is 22.5 Å². The molecule has 0 saturated carbocycles. The van der Waals surface area contributed by atoms with Gasteiger partial charge < -0.3 is 5.11 Å². The van der Waals surface area contributed by atoms with Gasteiger partial charge in [-0.3, -0.25) is 0 Å². The van der Waals surface area contributed by atoms with Gasteiger partial charge in [0.2, 0.25) is 10.0 Å². The topological polar surface area (TPSA) is 57.6 Å². The molecule has 1 aromatic carbocycles. The number of rotatable bonds is 7. The minimum atomic E-state index is -3.66. The molecule has 0 spiro atoms. The fourth-order valence-electron chi connectivity index (χ4n) is 1.54. The number of hydrogen-bond acceptors (Lipinski definition) is 3. The lowest BCUT2D eigenvalue weighted by Crippen LogP contribution is -2.31. The van der Waals surface area contributed by atoms with E-state index in [-0.39, 0.29) is 24.6 Å². The van der Waals surface area contributed by atoms with Gasteiger partial charge in [0.25, 0.3) is 0 Å². The molecular weight excluding hydrogens is 330 g/mol. The van der Waals surface area contributed by atoms with Crippen molar-refractivity contribution in [3.05, 3.63) is 53.5 Å². The molecule has 104 valence electrons. The molecular formula is C13H16BrNO3S. The number of hydrogen-bond donors (Lipinski definition) is 1. The molecule has 1 rings (SSSR count). The van der Waals surface area contributed by atoms with Crippen LogP contribution in [-0.4, -0.2) is 30.9 Å². The van der Waals surface area contributed by atoms with Gasteiger partial charge in [0.15, 0.2) is 0 Å². The molecule has 0 aromatic heterocycles. The lowest BCUT2D eigenvalue weighted by Gasteiger charge is -2.20. The van der Waals surface area contributed by atoms with Crippen molar-refractivity contribution >= 4 is 26.0 Å². The Bertz CT molecular complexity index is 559. The molecule has 0 saturated heterocycles. The summed E-state index contributed by atoms with van der Waals surface area (Å²) >= 11 is 3.23. The van der Waals surface area contributed by atoms with Gasteiger partial charge in [-0.25, -0.2) is 8.42 Å². The summed E-state index contributed by atoms with van der Waals surface area (Å²) in [6.07, 6.45) is 3.04. The number of halogens is 1. The quantitative estimate of drug-likeness (QED) is 0.771. The summed E-state index contributed by atoms with van der Waals surface area (Å²) in [5.74, 6) is 0. The Morgan fingerprint density at radius 2 is 1.84 bits per heavy atom. The van der Waals surface area contributed by atoms with Crippen LogP contribution >= 0.6 is 15.9 Å². The average Bonchev–Trinajstić information content (AvgIpc) is 2.39. The molecule has 0 aliphatic heterocycles. The Kier molecular flexibility index (Phi) is 5.93.